The van der Waals surface area contributed by atoms with Crippen molar-refractivity contribution in [3.63, 3.8) is 0 Å². The first-order chi connectivity index (χ1) is 8.19. The molecule has 98 valence electrons. The average Bonchev–Trinajstić information content (AvgIpc) is 2.38. The molecule has 17 heavy (non-hydrogen) atoms. The molecule has 6 heteroatoms. The number of amides is 2. The molecule has 1 fully saturated rings. The summed E-state index contributed by atoms with van der Waals surface area (Å²) in [6.45, 7) is 6.99. The molecule has 0 spiro atoms. The lowest BCUT2D eigenvalue weighted by Gasteiger charge is -2.23. The summed E-state index contributed by atoms with van der Waals surface area (Å²) in [5.41, 5.74) is 0. The first-order valence-electron chi connectivity index (χ1n) is 6.06. The van der Waals surface area contributed by atoms with Gasteiger partial charge in [-0.25, -0.2) is 0 Å². The molecule has 2 N–H and O–H groups in total. The van der Waals surface area contributed by atoms with E-state index >= 15 is 0 Å². The number of nitrogens with zero attached hydrogens (tertiary/aromatic N) is 1. The molecule has 1 unspecified atom stereocenters. The molecular weight excluding hydrogens is 222 g/mol. The van der Waals surface area contributed by atoms with Crippen LogP contribution < -0.4 is 10.6 Å². The number of hydrogen-bond donors (Lipinski definition) is 2. The van der Waals surface area contributed by atoms with Crippen LogP contribution in [0.25, 0.3) is 0 Å². The topological polar surface area (TPSA) is 70.7 Å². The molecule has 0 aromatic carbocycles. The van der Waals surface area contributed by atoms with Crippen LogP contribution in [-0.2, 0) is 14.3 Å². The molecule has 1 aliphatic rings. The van der Waals surface area contributed by atoms with E-state index in [-0.39, 0.29) is 18.4 Å². The number of rotatable bonds is 5. The van der Waals surface area contributed by atoms with E-state index in [2.05, 4.69) is 10.6 Å². The summed E-state index contributed by atoms with van der Waals surface area (Å²) < 4.78 is 5.29. The smallest absolute Gasteiger partial charge is 0.250 e. The highest BCUT2D eigenvalue weighted by molar-refractivity contribution is 5.87. The van der Waals surface area contributed by atoms with Gasteiger partial charge in [0, 0.05) is 26.2 Å². The van der Waals surface area contributed by atoms with Crippen LogP contribution >= 0.6 is 0 Å². The maximum absolute atomic E-state index is 11.7. The molecule has 0 saturated carbocycles. The summed E-state index contributed by atoms with van der Waals surface area (Å²) in [4.78, 5) is 25.0. The molecule has 1 aliphatic heterocycles. The van der Waals surface area contributed by atoms with Gasteiger partial charge in [0.25, 0.3) is 5.91 Å². The Labute approximate surface area is 102 Å². The highest BCUT2D eigenvalue weighted by Crippen LogP contribution is 1.96. The minimum Gasteiger partial charge on any atom is -0.366 e. The van der Waals surface area contributed by atoms with Gasteiger partial charge in [0.2, 0.25) is 5.91 Å². The maximum Gasteiger partial charge on any atom is 0.250 e. The van der Waals surface area contributed by atoms with Crippen LogP contribution in [0.4, 0.5) is 0 Å². The van der Waals surface area contributed by atoms with Gasteiger partial charge in [0.05, 0.1) is 13.2 Å². The van der Waals surface area contributed by atoms with Crippen LogP contribution in [0.15, 0.2) is 0 Å². The maximum atomic E-state index is 11.7. The second-order valence-corrected chi connectivity index (χ2v) is 3.85. The summed E-state index contributed by atoms with van der Waals surface area (Å²) in [6, 6.07) is 0. The fourth-order valence-electron chi connectivity index (χ4n) is 1.70. The van der Waals surface area contributed by atoms with Crippen LogP contribution in [0.2, 0.25) is 0 Å². The van der Waals surface area contributed by atoms with E-state index in [0.29, 0.717) is 26.2 Å². The molecule has 0 bridgehead atoms. The average molecular weight is 243 g/mol. The standard InChI is InChI=1S/C11H21N3O3/c1-3-14(4-2)10(15)8-13-11(16)9-7-12-5-6-17-9/h9,12H,3-8H2,1-2H3,(H,13,16). The molecule has 1 heterocycles. The zero-order chi connectivity index (χ0) is 12.7. The van der Waals surface area contributed by atoms with E-state index in [1.54, 1.807) is 4.90 Å². The minimum absolute atomic E-state index is 0.0420. The van der Waals surface area contributed by atoms with Crippen LogP contribution in [-0.4, -0.2) is 62.1 Å². The van der Waals surface area contributed by atoms with Crippen molar-refractivity contribution in [1.82, 2.24) is 15.5 Å². The van der Waals surface area contributed by atoms with Crippen LogP contribution in [0, 0.1) is 0 Å². The van der Waals surface area contributed by atoms with Crippen molar-refractivity contribution in [3.05, 3.63) is 0 Å². The van der Waals surface area contributed by atoms with E-state index < -0.39 is 6.10 Å². The van der Waals surface area contributed by atoms with E-state index in [9.17, 15) is 9.59 Å². The van der Waals surface area contributed by atoms with E-state index in [0.717, 1.165) is 6.54 Å². The van der Waals surface area contributed by atoms with Crippen molar-refractivity contribution in [3.8, 4) is 0 Å². The summed E-state index contributed by atoms with van der Waals surface area (Å²) in [5.74, 6) is -0.287. The Kier molecular flexibility index (Phi) is 5.93. The molecule has 0 aromatic heterocycles. The molecule has 0 aromatic rings. The third kappa shape index (κ3) is 4.32. The first kappa shape index (κ1) is 13.9. The summed E-state index contributed by atoms with van der Waals surface area (Å²) in [5, 5.41) is 5.67. The minimum atomic E-state index is -0.478. The molecular formula is C11H21N3O3. The largest absolute Gasteiger partial charge is 0.366 e. The van der Waals surface area contributed by atoms with Gasteiger partial charge in [-0.3, -0.25) is 9.59 Å². The Hall–Kier alpha value is -1.14. The van der Waals surface area contributed by atoms with Crippen molar-refractivity contribution in [1.29, 1.82) is 0 Å². The molecule has 1 rings (SSSR count). The fourth-order valence-corrected chi connectivity index (χ4v) is 1.70. The number of carbonyl (C=O) groups is 2. The fraction of sp³-hybridized carbons (Fsp3) is 0.818. The quantitative estimate of drug-likeness (QED) is 0.647. The van der Waals surface area contributed by atoms with Gasteiger partial charge in [0.15, 0.2) is 0 Å². The lowest BCUT2D eigenvalue weighted by atomic mass is 10.3. The number of nitrogens with one attached hydrogen (secondary N) is 2. The van der Waals surface area contributed by atoms with Gasteiger partial charge in [0.1, 0.15) is 6.10 Å². The van der Waals surface area contributed by atoms with Gasteiger partial charge in [-0.15, -0.1) is 0 Å². The van der Waals surface area contributed by atoms with Gasteiger partial charge in [-0.05, 0) is 13.8 Å². The summed E-state index contributed by atoms with van der Waals surface area (Å²) in [7, 11) is 0. The van der Waals surface area contributed by atoms with Crippen LogP contribution in [0.3, 0.4) is 0 Å². The normalized spacial score (nSPS) is 19.8. The Morgan fingerprint density at radius 3 is 2.65 bits per heavy atom. The number of likely N-dealkylation sites (N-methyl/N-ethyl adjacent to an activating group) is 1. The predicted octanol–water partition coefficient (Wildman–Crippen LogP) is -1.04. The predicted molar refractivity (Wildman–Crippen MR) is 63.5 cm³/mol. The second-order valence-electron chi connectivity index (χ2n) is 3.85. The second kappa shape index (κ2) is 7.24. The summed E-state index contributed by atoms with van der Waals surface area (Å²) in [6.07, 6.45) is -0.478. The van der Waals surface area contributed by atoms with Gasteiger partial charge >= 0.3 is 0 Å². The van der Waals surface area contributed by atoms with E-state index in [1.807, 2.05) is 13.8 Å². The Morgan fingerprint density at radius 2 is 2.12 bits per heavy atom. The Morgan fingerprint density at radius 1 is 1.41 bits per heavy atom. The van der Waals surface area contributed by atoms with Gasteiger partial charge in [-0.2, -0.15) is 0 Å². The Balaban J connectivity index is 2.29. The third-order valence-electron chi connectivity index (χ3n) is 2.75. The molecule has 1 saturated heterocycles. The van der Waals surface area contributed by atoms with E-state index in [4.69, 9.17) is 4.74 Å². The van der Waals surface area contributed by atoms with Crippen molar-refractivity contribution in [2.24, 2.45) is 0 Å². The summed E-state index contributed by atoms with van der Waals surface area (Å²) >= 11 is 0. The van der Waals surface area contributed by atoms with Gasteiger partial charge < -0.3 is 20.3 Å². The number of carbonyl (C=O) groups excluding carboxylic acids is 2. The molecule has 0 radical (unpaired) electrons. The van der Waals surface area contributed by atoms with Crippen molar-refractivity contribution in [2.45, 2.75) is 20.0 Å². The van der Waals surface area contributed by atoms with Gasteiger partial charge in [-0.1, -0.05) is 0 Å². The SMILES string of the molecule is CCN(CC)C(=O)CNC(=O)C1CNCCO1. The van der Waals surface area contributed by atoms with E-state index in [1.165, 1.54) is 0 Å². The molecule has 6 nitrogen and oxygen atoms in total. The monoisotopic (exact) mass is 243 g/mol. The zero-order valence-electron chi connectivity index (χ0n) is 10.5. The highest BCUT2D eigenvalue weighted by atomic mass is 16.5. The van der Waals surface area contributed by atoms with Crippen LogP contribution in [0.5, 0.6) is 0 Å². The van der Waals surface area contributed by atoms with Crippen molar-refractivity contribution in [2.75, 3.05) is 39.3 Å². The Bertz CT molecular complexity index is 261. The lowest BCUT2D eigenvalue weighted by molar-refractivity contribution is -0.138. The molecule has 2 amide bonds. The van der Waals surface area contributed by atoms with Crippen molar-refractivity contribution >= 4 is 11.8 Å². The molecule has 0 aliphatic carbocycles. The van der Waals surface area contributed by atoms with Crippen LogP contribution in [0.1, 0.15) is 13.8 Å². The number of morpholine rings is 1. The lowest BCUT2D eigenvalue weighted by Crippen LogP contribution is -2.50. The number of ether oxygens (including phenoxy) is 1. The zero-order valence-corrected chi connectivity index (χ0v) is 10.5. The van der Waals surface area contributed by atoms with Crippen molar-refractivity contribution < 1.29 is 14.3 Å². The number of hydrogen-bond acceptors (Lipinski definition) is 4. The molecule has 1 atom stereocenters. The third-order valence-corrected chi connectivity index (χ3v) is 2.75. The first-order valence-corrected chi connectivity index (χ1v) is 6.06. The highest BCUT2D eigenvalue weighted by Gasteiger charge is 2.22.